The Kier molecular flexibility index (Phi) is 5.66. The van der Waals surface area contributed by atoms with Crippen molar-refractivity contribution in [3.63, 3.8) is 0 Å². The molecule has 0 unspecified atom stereocenters. The molecule has 0 bridgehead atoms. The number of hydrogen-bond acceptors (Lipinski definition) is 3. The van der Waals surface area contributed by atoms with E-state index in [1.807, 2.05) is 18.2 Å². The Morgan fingerprint density at radius 1 is 1.35 bits per heavy atom. The number of nitrogens with one attached hydrogen (secondary N) is 1. The number of aliphatic hydroxyl groups excluding tert-OH is 2. The SMILES string of the molecule is CN(C(O)=S)c1cccc2c1CCC(=O)N2.NC(O)=S. The van der Waals surface area contributed by atoms with Crippen molar-refractivity contribution in [1.29, 1.82) is 0 Å². The summed E-state index contributed by atoms with van der Waals surface area (Å²) >= 11 is 8.59. The van der Waals surface area contributed by atoms with Crippen LogP contribution in [0.3, 0.4) is 0 Å². The van der Waals surface area contributed by atoms with Gasteiger partial charge in [0.05, 0.1) is 0 Å². The number of hydrogen-bond donors (Lipinski definition) is 4. The highest BCUT2D eigenvalue weighted by Crippen LogP contribution is 2.31. The van der Waals surface area contributed by atoms with Gasteiger partial charge in [-0.25, -0.2) is 0 Å². The first-order valence-electron chi connectivity index (χ1n) is 5.69. The van der Waals surface area contributed by atoms with Crippen LogP contribution in [-0.2, 0) is 11.2 Å². The molecular formula is C12H15N3O3S2. The van der Waals surface area contributed by atoms with E-state index in [2.05, 4.69) is 23.3 Å². The molecule has 0 fully saturated rings. The van der Waals surface area contributed by atoms with E-state index in [1.54, 1.807) is 7.05 Å². The summed E-state index contributed by atoms with van der Waals surface area (Å²) in [5.41, 5.74) is 7.05. The summed E-state index contributed by atoms with van der Waals surface area (Å²) in [7, 11) is 1.70. The molecular weight excluding hydrogens is 298 g/mol. The number of rotatable bonds is 1. The van der Waals surface area contributed by atoms with Gasteiger partial charge in [-0.3, -0.25) is 4.79 Å². The van der Waals surface area contributed by atoms with Crippen LogP contribution in [0.25, 0.3) is 0 Å². The zero-order chi connectivity index (χ0) is 15.3. The fourth-order valence-corrected chi connectivity index (χ4v) is 1.92. The summed E-state index contributed by atoms with van der Waals surface area (Å²) < 4.78 is 0. The van der Waals surface area contributed by atoms with Crippen LogP contribution in [0, 0.1) is 0 Å². The molecule has 0 atom stereocenters. The van der Waals surface area contributed by atoms with Gasteiger partial charge in [0.1, 0.15) is 0 Å². The molecule has 108 valence electrons. The van der Waals surface area contributed by atoms with Gasteiger partial charge in [-0.1, -0.05) is 6.07 Å². The fraction of sp³-hybridized carbons (Fsp3) is 0.250. The van der Waals surface area contributed by atoms with Gasteiger partial charge in [-0.15, -0.1) is 0 Å². The van der Waals surface area contributed by atoms with E-state index in [9.17, 15) is 9.90 Å². The summed E-state index contributed by atoms with van der Waals surface area (Å²) in [6, 6.07) is 5.55. The van der Waals surface area contributed by atoms with Gasteiger partial charge in [0.15, 0.2) is 0 Å². The van der Waals surface area contributed by atoms with Crippen LogP contribution in [-0.4, -0.2) is 33.5 Å². The predicted octanol–water partition coefficient (Wildman–Crippen LogP) is 1.64. The molecule has 8 heteroatoms. The average Bonchev–Trinajstić information content (AvgIpc) is 2.36. The first-order chi connectivity index (χ1) is 9.32. The molecule has 0 radical (unpaired) electrons. The zero-order valence-electron chi connectivity index (χ0n) is 10.8. The highest BCUT2D eigenvalue weighted by molar-refractivity contribution is 7.80. The lowest BCUT2D eigenvalue weighted by atomic mass is 10.0. The van der Waals surface area contributed by atoms with Crippen molar-refractivity contribution in [2.75, 3.05) is 17.3 Å². The van der Waals surface area contributed by atoms with Crippen LogP contribution in [0.2, 0.25) is 0 Å². The van der Waals surface area contributed by atoms with Gasteiger partial charge >= 0.3 is 0 Å². The Bertz CT molecular complexity index is 545. The van der Waals surface area contributed by atoms with Crippen LogP contribution in [0.5, 0.6) is 0 Å². The third kappa shape index (κ3) is 4.32. The van der Waals surface area contributed by atoms with Gasteiger partial charge in [0.25, 0.3) is 10.3 Å². The Morgan fingerprint density at radius 2 is 1.95 bits per heavy atom. The lowest BCUT2D eigenvalue weighted by Crippen LogP contribution is -2.27. The number of amides is 1. The number of nitrogens with two attached hydrogens (primary N) is 1. The van der Waals surface area contributed by atoms with Gasteiger partial charge in [-0.2, -0.15) is 0 Å². The number of thiocarbonyl (C=S) groups is 2. The van der Waals surface area contributed by atoms with E-state index in [0.717, 1.165) is 16.9 Å². The number of carbonyl (C=O) groups excluding carboxylic acids is 1. The maximum atomic E-state index is 11.2. The standard InChI is InChI=1S/C11H12N2O2S.CH3NOS/c1-13(11(15)16)9-4-2-3-8-7(9)5-6-10(14)12-8;2-1(3)4/h2-4H,5-6H2,1H3,(H,12,14)(H,15,16);(H3,2,3,4). The molecule has 1 heterocycles. The first-order valence-corrected chi connectivity index (χ1v) is 6.51. The highest BCUT2D eigenvalue weighted by Gasteiger charge is 2.20. The molecule has 1 aliphatic heterocycles. The number of nitrogens with zero attached hydrogens (tertiary/aromatic N) is 1. The predicted molar refractivity (Wildman–Crippen MR) is 86.4 cm³/mol. The first kappa shape index (κ1) is 16.1. The molecule has 0 aliphatic carbocycles. The van der Waals surface area contributed by atoms with Crippen molar-refractivity contribution in [2.24, 2.45) is 5.73 Å². The zero-order valence-corrected chi connectivity index (χ0v) is 12.4. The summed E-state index contributed by atoms with van der Waals surface area (Å²) in [5, 5.41) is 19.0. The minimum Gasteiger partial charge on any atom is -0.487 e. The van der Waals surface area contributed by atoms with Crippen molar-refractivity contribution >= 4 is 52.1 Å². The van der Waals surface area contributed by atoms with E-state index in [-0.39, 0.29) is 11.1 Å². The van der Waals surface area contributed by atoms with Gasteiger partial charge in [0, 0.05) is 24.8 Å². The van der Waals surface area contributed by atoms with Crippen LogP contribution in [0.1, 0.15) is 12.0 Å². The monoisotopic (exact) mass is 313 g/mol. The minimum absolute atomic E-state index is 0.0267. The van der Waals surface area contributed by atoms with Crippen molar-refractivity contribution < 1.29 is 15.0 Å². The van der Waals surface area contributed by atoms with Crippen molar-refractivity contribution in [3.05, 3.63) is 23.8 Å². The topological polar surface area (TPSA) is 98.8 Å². The minimum atomic E-state index is -0.500. The van der Waals surface area contributed by atoms with E-state index >= 15 is 0 Å². The fourth-order valence-electron chi connectivity index (χ4n) is 1.82. The summed E-state index contributed by atoms with van der Waals surface area (Å²) in [6.45, 7) is 0. The third-order valence-electron chi connectivity index (χ3n) is 2.68. The molecule has 1 aromatic carbocycles. The second kappa shape index (κ2) is 7.01. The molecule has 20 heavy (non-hydrogen) atoms. The molecule has 1 amide bonds. The Morgan fingerprint density at radius 3 is 2.50 bits per heavy atom. The van der Waals surface area contributed by atoms with Crippen molar-refractivity contribution in [1.82, 2.24) is 0 Å². The number of benzene rings is 1. The van der Waals surface area contributed by atoms with Crippen LogP contribution in [0.15, 0.2) is 18.2 Å². The highest BCUT2D eigenvalue weighted by atomic mass is 32.1. The summed E-state index contributed by atoms with van der Waals surface area (Å²) in [5.74, 6) is 0.0267. The van der Waals surface area contributed by atoms with E-state index in [0.29, 0.717) is 12.8 Å². The molecule has 6 nitrogen and oxygen atoms in total. The molecule has 0 saturated heterocycles. The number of anilines is 2. The number of aliphatic hydroxyl groups is 2. The lowest BCUT2D eigenvalue weighted by Gasteiger charge is -2.24. The van der Waals surface area contributed by atoms with Crippen LogP contribution in [0.4, 0.5) is 11.4 Å². The van der Waals surface area contributed by atoms with E-state index in [4.69, 9.17) is 17.3 Å². The van der Waals surface area contributed by atoms with Gasteiger partial charge in [0.2, 0.25) is 5.91 Å². The second-order valence-electron chi connectivity index (χ2n) is 4.03. The molecule has 0 aromatic heterocycles. The van der Waals surface area contributed by atoms with Gasteiger partial charge in [-0.05, 0) is 48.6 Å². The van der Waals surface area contributed by atoms with Crippen molar-refractivity contribution in [2.45, 2.75) is 12.8 Å². The van der Waals surface area contributed by atoms with Gasteiger partial charge < -0.3 is 26.2 Å². The Labute approximate surface area is 127 Å². The number of carbonyl (C=O) groups is 1. The molecule has 1 aromatic rings. The van der Waals surface area contributed by atoms with Crippen LogP contribution >= 0.6 is 24.4 Å². The number of fused-ring (bicyclic) bond motifs is 1. The average molecular weight is 313 g/mol. The summed E-state index contributed by atoms with van der Waals surface area (Å²) in [6.07, 6.45) is 1.14. The second-order valence-corrected chi connectivity index (χ2v) is 4.81. The third-order valence-corrected chi connectivity index (χ3v) is 2.95. The maximum absolute atomic E-state index is 11.2. The van der Waals surface area contributed by atoms with E-state index < -0.39 is 5.17 Å². The normalized spacial score (nSPS) is 12.3. The molecule has 2 rings (SSSR count). The summed E-state index contributed by atoms with van der Waals surface area (Å²) in [4.78, 5) is 12.8. The molecule has 0 saturated carbocycles. The molecule has 1 aliphatic rings. The van der Waals surface area contributed by atoms with Crippen LogP contribution < -0.4 is 16.0 Å². The smallest absolute Gasteiger partial charge is 0.261 e. The molecule has 0 spiro atoms. The Hall–Kier alpha value is -1.93. The van der Waals surface area contributed by atoms with E-state index in [1.165, 1.54) is 4.90 Å². The molecule has 5 N–H and O–H groups in total. The Balaban J connectivity index is 0.000000444. The van der Waals surface area contributed by atoms with Crippen molar-refractivity contribution in [3.8, 4) is 0 Å². The largest absolute Gasteiger partial charge is 0.487 e. The quantitative estimate of drug-likeness (QED) is 0.585. The maximum Gasteiger partial charge on any atom is 0.261 e. The lowest BCUT2D eigenvalue weighted by molar-refractivity contribution is -0.116.